The number of alkyl halides is 2. The van der Waals surface area contributed by atoms with Gasteiger partial charge in [0.1, 0.15) is 11.8 Å². The van der Waals surface area contributed by atoms with Crippen LogP contribution in [0.2, 0.25) is 5.02 Å². The number of carbonyl (C=O) groups excluding carboxylic acids is 2. The first-order valence-corrected chi connectivity index (χ1v) is 11.5. The zero-order valence-corrected chi connectivity index (χ0v) is 19.7. The largest absolute Gasteiger partial charge is 0.442 e. The van der Waals surface area contributed by atoms with Crippen molar-refractivity contribution in [3.63, 3.8) is 0 Å². The summed E-state index contributed by atoms with van der Waals surface area (Å²) in [6.45, 7) is 0.0640. The molecule has 0 bridgehead atoms. The molecule has 1 saturated heterocycles. The minimum Gasteiger partial charge on any atom is -0.442 e. The predicted molar refractivity (Wildman–Crippen MR) is 124 cm³/mol. The number of halogens is 5. The molecule has 3 aromatic rings. The number of pyridine rings is 1. The van der Waals surface area contributed by atoms with Crippen molar-refractivity contribution in [2.45, 2.75) is 25.6 Å². The highest BCUT2D eigenvalue weighted by atomic mass is 35.5. The number of aromatic nitrogens is 3. The molecule has 0 aliphatic carbocycles. The van der Waals surface area contributed by atoms with Gasteiger partial charge in [-0.25, -0.2) is 23.2 Å². The molecule has 4 heterocycles. The van der Waals surface area contributed by atoms with E-state index in [0.29, 0.717) is 16.1 Å². The second-order valence-electron chi connectivity index (χ2n) is 8.48. The number of cyclic esters (lactones) is 1. The number of benzene rings is 1. The summed E-state index contributed by atoms with van der Waals surface area (Å²) in [6, 6.07) is 3.46. The number of carbonyl (C=O) groups is 2. The highest BCUT2D eigenvalue weighted by Crippen LogP contribution is 2.31. The molecule has 37 heavy (non-hydrogen) atoms. The van der Waals surface area contributed by atoms with Crippen LogP contribution < -0.4 is 20.7 Å². The van der Waals surface area contributed by atoms with Gasteiger partial charge in [-0.2, -0.15) is 8.78 Å². The number of hydrogen-bond acceptors (Lipinski definition) is 6. The van der Waals surface area contributed by atoms with Crippen molar-refractivity contribution in [1.29, 1.82) is 0 Å². The van der Waals surface area contributed by atoms with Gasteiger partial charge in [0.25, 0.3) is 11.5 Å². The van der Waals surface area contributed by atoms with Crippen LogP contribution in [0, 0.1) is 11.6 Å². The van der Waals surface area contributed by atoms with E-state index in [9.17, 15) is 23.2 Å². The number of nitrogens with zero attached hydrogens (tertiary/aromatic N) is 5. The summed E-state index contributed by atoms with van der Waals surface area (Å²) in [5, 5.41) is 2.61. The summed E-state index contributed by atoms with van der Waals surface area (Å²) in [4.78, 5) is 42.7. The predicted octanol–water partition coefficient (Wildman–Crippen LogP) is 2.36. The first-order valence-electron chi connectivity index (χ1n) is 11.2. The smallest absolute Gasteiger partial charge is 0.414 e. The van der Waals surface area contributed by atoms with Crippen LogP contribution in [-0.4, -0.2) is 65.1 Å². The molecule has 15 heteroatoms. The van der Waals surface area contributed by atoms with E-state index >= 15 is 8.78 Å². The lowest BCUT2D eigenvalue weighted by Gasteiger charge is -2.24. The highest BCUT2D eigenvalue weighted by molar-refractivity contribution is 6.31. The molecule has 10 nitrogen and oxygen atoms in total. The van der Waals surface area contributed by atoms with Crippen LogP contribution in [0.3, 0.4) is 0 Å². The van der Waals surface area contributed by atoms with E-state index in [-0.39, 0.29) is 56.2 Å². The molecule has 1 N–H and O–H groups in total. The molecule has 1 atom stereocenters. The van der Waals surface area contributed by atoms with Crippen molar-refractivity contribution in [2.24, 2.45) is 0 Å². The fourth-order valence-electron chi connectivity index (χ4n) is 4.51. The van der Waals surface area contributed by atoms with E-state index in [1.54, 1.807) is 4.68 Å². The third-order valence-electron chi connectivity index (χ3n) is 6.20. The van der Waals surface area contributed by atoms with E-state index in [1.165, 1.54) is 21.8 Å². The molecule has 1 aromatic carbocycles. The number of hydrogen-bond donors (Lipinski definition) is 1. The van der Waals surface area contributed by atoms with Crippen LogP contribution in [0.15, 0.2) is 29.2 Å². The van der Waals surface area contributed by atoms with Crippen molar-refractivity contribution in [3.05, 3.63) is 51.4 Å². The third-order valence-corrected chi connectivity index (χ3v) is 6.41. The number of nitrogens with one attached hydrogen (secondary N) is 1. The summed E-state index contributed by atoms with van der Waals surface area (Å²) in [6.07, 6.45) is -3.72. The second kappa shape index (κ2) is 9.57. The average molecular weight is 543 g/mol. The molecule has 5 rings (SSSR count). The van der Waals surface area contributed by atoms with Crippen LogP contribution in [-0.2, 0) is 22.6 Å². The van der Waals surface area contributed by atoms with Gasteiger partial charge in [0.15, 0.2) is 17.3 Å². The average Bonchev–Trinajstić information content (AvgIpc) is 3.24. The van der Waals surface area contributed by atoms with Crippen molar-refractivity contribution in [1.82, 2.24) is 19.7 Å². The summed E-state index contributed by atoms with van der Waals surface area (Å²) in [5.74, 6) is -3.40. The Hall–Kier alpha value is -3.81. The Morgan fingerprint density at radius 3 is 2.46 bits per heavy atom. The van der Waals surface area contributed by atoms with E-state index < -0.39 is 36.2 Å². The Morgan fingerprint density at radius 2 is 1.78 bits per heavy atom. The SMILES string of the molecule is O=C(NC[C@H]1CN(c2cc(F)c(N3CCn4c(=O)c5cc(Cl)cnc5n4CC3)c(F)c2)C(=O)O1)C(F)F. The second-order valence-corrected chi connectivity index (χ2v) is 8.92. The Labute approximate surface area is 210 Å². The van der Waals surface area contributed by atoms with E-state index in [4.69, 9.17) is 16.3 Å². The molecule has 1 fully saturated rings. The number of fused-ring (bicyclic) bond motifs is 3. The molecule has 2 aromatic heterocycles. The van der Waals surface area contributed by atoms with Crippen molar-refractivity contribution < 1.29 is 31.9 Å². The minimum absolute atomic E-state index is 0.120. The number of rotatable bonds is 5. The zero-order valence-electron chi connectivity index (χ0n) is 19.0. The van der Waals surface area contributed by atoms with Crippen LogP contribution in [0.4, 0.5) is 33.7 Å². The summed E-state index contributed by atoms with van der Waals surface area (Å²) in [5.41, 5.74) is -0.346. The third kappa shape index (κ3) is 4.56. The summed E-state index contributed by atoms with van der Waals surface area (Å²) in [7, 11) is 0. The van der Waals surface area contributed by atoms with Gasteiger partial charge in [-0.15, -0.1) is 0 Å². The zero-order chi connectivity index (χ0) is 26.4. The summed E-state index contributed by atoms with van der Waals surface area (Å²) >= 11 is 5.95. The van der Waals surface area contributed by atoms with Gasteiger partial charge in [0.2, 0.25) is 0 Å². The van der Waals surface area contributed by atoms with Crippen LogP contribution in [0.25, 0.3) is 11.0 Å². The first kappa shape index (κ1) is 24.9. The Morgan fingerprint density at radius 1 is 1.11 bits per heavy atom. The normalized spacial score (nSPS) is 17.8. The number of anilines is 2. The molecule has 0 radical (unpaired) electrons. The van der Waals surface area contributed by atoms with Gasteiger partial charge in [-0.3, -0.25) is 19.2 Å². The van der Waals surface area contributed by atoms with Gasteiger partial charge in [0.05, 0.1) is 42.3 Å². The minimum atomic E-state index is -3.22. The van der Waals surface area contributed by atoms with Crippen molar-refractivity contribution in [3.8, 4) is 0 Å². The lowest BCUT2D eigenvalue weighted by Crippen LogP contribution is -2.37. The number of ether oxygens (including phenoxy) is 1. The summed E-state index contributed by atoms with van der Waals surface area (Å²) < 4.78 is 63.1. The van der Waals surface area contributed by atoms with E-state index in [2.05, 4.69) is 4.98 Å². The maximum absolute atomic E-state index is 15.2. The quantitative estimate of drug-likeness (QED) is 0.497. The van der Waals surface area contributed by atoms with Gasteiger partial charge in [0, 0.05) is 31.4 Å². The maximum atomic E-state index is 15.2. The number of amides is 2. The lowest BCUT2D eigenvalue weighted by molar-refractivity contribution is -0.132. The van der Waals surface area contributed by atoms with E-state index in [0.717, 1.165) is 17.0 Å². The van der Waals surface area contributed by atoms with Crippen molar-refractivity contribution in [2.75, 3.05) is 36.0 Å². The standard InChI is InChI=1S/C22H19ClF4N6O4/c23-11-5-14-19(28-8-11)32-3-1-30(2-4-33(32)21(14)35)17-15(24)6-12(7-16(17)25)31-10-13(37-22(31)36)9-29-20(34)18(26)27/h5-8,13,18H,1-4,9-10H2,(H,29,34)/t13-/m0/s1. The van der Waals surface area contributed by atoms with Gasteiger partial charge in [-0.05, 0) is 6.07 Å². The monoisotopic (exact) mass is 542 g/mol. The molecule has 2 aliphatic rings. The maximum Gasteiger partial charge on any atom is 0.414 e. The van der Waals surface area contributed by atoms with Gasteiger partial charge >= 0.3 is 12.5 Å². The first-order chi connectivity index (χ1) is 17.6. The molecule has 2 aliphatic heterocycles. The fourth-order valence-corrected chi connectivity index (χ4v) is 4.67. The Balaban J connectivity index is 1.33. The molecule has 0 spiro atoms. The molecule has 0 unspecified atom stereocenters. The molecule has 2 amide bonds. The van der Waals surface area contributed by atoms with E-state index in [1.807, 2.05) is 5.32 Å². The van der Waals surface area contributed by atoms with Gasteiger partial charge < -0.3 is 15.0 Å². The van der Waals surface area contributed by atoms with Crippen LogP contribution in [0.5, 0.6) is 0 Å². The van der Waals surface area contributed by atoms with Crippen LogP contribution in [0.1, 0.15) is 0 Å². The van der Waals surface area contributed by atoms with Crippen molar-refractivity contribution >= 4 is 46.0 Å². The molecule has 196 valence electrons. The lowest BCUT2D eigenvalue weighted by atomic mass is 10.2. The Bertz CT molecular complexity index is 1440. The molecular weight excluding hydrogens is 524 g/mol. The van der Waals surface area contributed by atoms with Gasteiger partial charge in [-0.1, -0.05) is 11.6 Å². The molecular formula is C22H19ClF4N6O4. The van der Waals surface area contributed by atoms with Crippen LogP contribution >= 0.6 is 11.6 Å². The highest BCUT2D eigenvalue weighted by Gasteiger charge is 2.34. The molecule has 0 saturated carbocycles. The Kier molecular flexibility index (Phi) is 6.43. The fraction of sp³-hybridized carbons (Fsp3) is 0.364. The topological polar surface area (TPSA) is 102 Å².